The van der Waals surface area contributed by atoms with Gasteiger partial charge in [0.2, 0.25) is 0 Å². The molecule has 0 atom stereocenters. The molecule has 3 heteroatoms. The zero-order valence-corrected chi connectivity index (χ0v) is 17.1. The lowest BCUT2D eigenvalue weighted by Crippen LogP contribution is -1.90. The van der Waals surface area contributed by atoms with Crippen molar-refractivity contribution in [3.05, 3.63) is 90.4 Å². The van der Waals surface area contributed by atoms with Crippen LogP contribution in [0.3, 0.4) is 0 Å². The van der Waals surface area contributed by atoms with Gasteiger partial charge in [0.15, 0.2) is 0 Å². The second-order valence-corrected chi connectivity index (χ2v) is 8.49. The maximum absolute atomic E-state index is 13.7. The zero-order chi connectivity index (χ0) is 20.9. The van der Waals surface area contributed by atoms with Gasteiger partial charge in [0, 0.05) is 33.3 Å². The quantitative estimate of drug-likeness (QED) is 0.300. The van der Waals surface area contributed by atoms with Gasteiger partial charge in [-0.2, -0.15) is 0 Å². The number of rotatable bonds is 3. The van der Waals surface area contributed by atoms with E-state index in [2.05, 4.69) is 41.4 Å². The van der Waals surface area contributed by atoms with Crippen molar-refractivity contribution in [2.45, 2.75) is 19.7 Å². The first-order chi connectivity index (χ1) is 14.4. The number of thiophene rings is 1. The van der Waals surface area contributed by atoms with Crippen LogP contribution >= 0.6 is 11.3 Å². The third-order valence-corrected chi connectivity index (χ3v) is 6.47. The maximum atomic E-state index is 13.7. The fraction of sp³-hybridized carbons (Fsp3) is 0.115. The van der Waals surface area contributed by atoms with Crippen molar-refractivity contribution >= 4 is 31.5 Å². The Labute approximate surface area is 174 Å². The van der Waals surface area contributed by atoms with E-state index in [4.69, 9.17) is 1.37 Å². The summed E-state index contributed by atoms with van der Waals surface area (Å²) < 4.78 is 24.4. The summed E-state index contributed by atoms with van der Waals surface area (Å²) in [6.07, 6.45) is 1.79. The number of hydrogen-bond donors (Lipinski definition) is 0. The summed E-state index contributed by atoms with van der Waals surface area (Å²) in [5.74, 6) is -0.902. The Morgan fingerprint density at radius 1 is 0.897 bits per heavy atom. The molecule has 0 fully saturated rings. The number of halogens is 1. The minimum absolute atomic E-state index is 0.227. The van der Waals surface area contributed by atoms with Gasteiger partial charge >= 0.3 is 0 Å². The summed E-state index contributed by atoms with van der Waals surface area (Å²) in [4.78, 5) is 4.60. The first-order valence-corrected chi connectivity index (χ1v) is 10.4. The molecule has 0 N–H and O–H groups in total. The molecule has 5 rings (SSSR count). The molecule has 142 valence electrons. The molecule has 0 radical (unpaired) electrons. The van der Waals surface area contributed by atoms with Crippen molar-refractivity contribution < 1.29 is 5.76 Å². The van der Waals surface area contributed by atoms with Crippen molar-refractivity contribution in [1.82, 2.24) is 4.98 Å². The number of aromatic nitrogens is 1. The second-order valence-electron chi connectivity index (χ2n) is 7.44. The van der Waals surface area contributed by atoms with Gasteiger partial charge in [0.1, 0.15) is 5.82 Å². The summed E-state index contributed by atoms with van der Waals surface area (Å²) in [6, 6.07) is 23.2. The molecule has 0 amide bonds. The Balaban J connectivity index is 1.69. The van der Waals surface area contributed by atoms with E-state index < -0.39 is 5.89 Å². The lowest BCUT2D eigenvalue weighted by atomic mass is 10.00. The van der Waals surface area contributed by atoms with Gasteiger partial charge in [-0.15, -0.1) is 11.3 Å². The summed E-state index contributed by atoms with van der Waals surface area (Å²) >= 11 is 1.73. The predicted molar refractivity (Wildman–Crippen MR) is 122 cm³/mol. The van der Waals surface area contributed by atoms with Crippen LogP contribution < -0.4 is 0 Å². The molecule has 0 bridgehead atoms. The Morgan fingerprint density at radius 3 is 2.55 bits per heavy atom. The van der Waals surface area contributed by atoms with Gasteiger partial charge in [0.05, 0.1) is 5.69 Å². The van der Waals surface area contributed by atoms with Gasteiger partial charge in [-0.3, -0.25) is 4.98 Å². The fourth-order valence-corrected chi connectivity index (χ4v) is 5.00. The van der Waals surface area contributed by atoms with Gasteiger partial charge in [-0.05, 0) is 52.9 Å². The average Bonchev–Trinajstić information content (AvgIpc) is 3.11. The highest BCUT2D eigenvalue weighted by molar-refractivity contribution is 7.26. The summed E-state index contributed by atoms with van der Waals surface area (Å²) in [7, 11) is 0. The normalized spacial score (nSPS) is 12.4. The summed E-state index contributed by atoms with van der Waals surface area (Å²) in [6.45, 7) is 3.78. The van der Waals surface area contributed by atoms with Gasteiger partial charge in [-0.25, -0.2) is 4.39 Å². The first kappa shape index (κ1) is 16.9. The van der Waals surface area contributed by atoms with Crippen molar-refractivity contribution in [3.8, 4) is 22.4 Å². The molecule has 0 aliphatic rings. The van der Waals surface area contributed by atoms with E-state index in [0.29, 0.717) is 0 Å². The van der Waals surface area contributed by atoms with Crippen LogP contribution in [0.4, 0.5) is 4.39 Å². The summed E-state index contributed by atoms with van der Waals surface area (Å²) in [5.41, 5.74) is 4.79. The van der Waals surface area contributed by atoms with E-state index in [9.17, 15) is 4.39 Å². The molecular formula is C26H20FNS. The van der Waals surface area contributed by atoms with Crippen LogP contribution in [-0.2, 0) is 0 Å². The minimum atomic E-state index is -0.675. The van der Waals surface area contributed by atoms with Gasteiger partial charge in [0.25, 0.3) is 0 Å². The van der Waals surface area contributed by atoms with E-state index in [1.165, 1.54) is 21.5 Å². The Morgan fingerprint density at radius 2 is 1.72 bits per heavy atom. The molecule has 3 aromatic carbocycles. The third kappa shape index (κ3) is 3.22. The summed E-state index contributed by atoms with van der Waals surface area (Å²) in [5, 5.41) is 2.38. The van der Waals surface area contributed by atoms with E-state index in [1.807, 2.05) is 32.0 Å². The van der Waals surface area contributed by atoms with Crippen LogP contribution in [0.5, 0.6) is 0 Å². The predicted octanol–water partition coefficient (Wildman–Crippen LogP) is 8.05. The van der Waals surface area contributed by atoms with E-state index in [0.717, 1.165) is 32.6 Å². The lowest BCUT2D eigenvalue weighted by Gasteiger charge is -2.08. The Bertz CT molecular complexity index is 1400. The molecule has 0 saturated carbocycles. The highest BCUT2D eigenvalue weighted by Crippen LogP contribution is 2.41. The highest BCUT2D eigenvalue weighted by Gasteiger charge is 2.13. The van der Waals surface area contributed by atoms with Crippen LogP contribution in [0.2, 0.25) is 0 Å². The lowest BCUT2D eigenvalue weighted by molar-refractivity contribution is 0.628. The SMILES string of the molecule is [2H]C(C)(C)c1ccnc(-c2cccc3c2sc2cc(-c4cccc(F)c4)ccc23)c1. The van der Waals surface area contributed by atoms with Crippen LogP contribution in [0.1, 0.15) is 26.7 Å². The van der Waals surface area contributed by atoms with E-state index in [1.54, 1.807) is 29.7 Å². The van der Waals surface area contributed by atoms with Crippen LogP contribution in [0, 0.1) is 5.82 Å². The van der Waals surface area contributed by atoms with Gasteiger partial charge in [-0.1, -0.05) is 56.3 Å². The maximum Gasteiger partial charge on any atom is 0.123 e. The second kappa shape index (κ2) is 7.09. The highest BCUT2D eigenvalue weighted by atomic mass is 32.1. The number of hydrogen-bond acceptors (Lipinski definition) is 2. The number of benzene rings is 3. The molecule has 0 aliphatic heterocycles. The standard InChI is InChI=1S/C26H20FNS/c1-16(2)17-11-12-28-24(14-17)23-8-4-7-22-21-10-9-19(15-25(21)29-26(22)23)18-5-3-6-20(27)13-18/h3-16H,1-2H3/i16D. The molecule has 0 saturated heterocycles. The van der Waals surface area contributed by atoms with E-state index in [-0.39, 0.29) is 5.82 Å². The van der Waals surface area contributed by atoms with Crippen molar-refractivity contribution in [1.29, 1.82) is 0 Å². The Kier molecular flexibility index (Phi) is 4.12. The molecule has 0 aliphatic carbocycles. The molecule has 0 unspecified atom stereocenters. The molecular weight excluding hydrogens is 377 g/mol. The Hall–Kier alpha value is -3.04. The van der Waals surface area contributed by atoms with Crippen molar-refractivity contribution in [2.75, 3.05) is 0 Å². The van der Waals surface area contributed by atoms with Crippen molar-refractivity contribution in [3.63, 3.8) is 0 Å². The van der Waals surface area contributed by atoms with Crippen LogP contribution in [0.15, 0.2) is 79.0 Å². The molecule has 5 aromatic rings. The molecule has 2 heterocycles. The number of fused-ring (bicyclic) bond motifs is 3. The first-order valence-electron chi connectivity index (χ1n) is 10.1. The monoisotopic (exact) mass is 398 g/mol. The molecule has 29 heavy (non-hydrogen) atoms. The topological polar surface area (TPSA) is 12.9 Å². The average molecular weight is 399 g/mol. The molecule has 1 nitrogen and oxygen atoms in total. The largest absolute Gasteiger partial charge is 0.256 e. The fourth-order valence-electron chi connectivity index (χ4n) is 3.74. The van der Waals surface area contributed by atoms with Crippen LogP contribution in [-0.4, -0.2) is 4.98 Å². The van der Waals surface area contributed by atoms with Crippen molar-refractivity contribution in [2.24, 2.45) is 0 Å². The third-order valence-electron chi connectivity index (χ3n) is 5.27. The minimum Gasteiger partial charge on any atom is -0.256 e. The number of nitrogens with zero attached hydrogens (tertiary/aromatic N) is 1. The van der Waals surface area contributed by atoms with Crippen LogP contribution in [0.25, 0.3) is 42.6 Å². The molecule has 2 aromatic heterocycles. The van der Waals surface area contributed by atoms with E-state index >= 15 is 0 Å². The van der Waals surface area contributed by atoms with Gasteiger partial charge < -0.3 is 0 Å². The smallest absolute Gasteiger partial charge is 0.123 e. The number of pyridine rings is 1. The molecule has 0 spiro atoms. The zero-order valence-electron chi connectivity index (χ0n) is 17.2.